The van der Waals surface area contributed by atoms with E-state index in [1.807, 2.05) is 20.8 Å². The smallest absolute Gasteiger partial charge is 0.0900 e. The van der Waals surface area contributed by atoms with Crippen LogP contribution in [-0.4, -0.2) is 54.1 Å². The van der Waals surface area contributed by atoms with E-state index in [0.29, 0.717) is 19.3 Å². The fraction of sp³-hybridized carbons (Fsp3) is 0.765. The Morgan fingerprint density at radius 2 is 2.32 bits per heavy atom. The lowest BCUT2D eigenvalue weighted by atomic mass is 10.2. The Morgan fingerprint density at radius 1 is 1.50 bits per heavy atom. The third-order valence-electron chi connectivity index (χ3n) is 3.65. The van der Waals surface area contributed by atoms with Gasteiger partial charge in [0.25, 0.3) is 0 Å². The number of hydrogen-bond acceptors (Lipinski definition) is 5. The van der Waals surface area contributed by atoms with E-state index >= 15 is 0 Å². The molecule has 5 heteroatoms. The van der Waals surface area contributed by atoms with E-state index < -0.39 is 6.10 Å². The second kappa shape index (κ2) is 8.41. The molecule has 1 saturated heterocycles. The Kier molecular flexibility index (Phi) is 6.84. The second-order valence-corrected chi connectivity index (χ2v) is 7.82. The Hall–Kier alpha value is -0.460. The van der Waals surface area contributed by atoms with Gasteiger partial charge in [-0.25, -0.2) is 0 Å². The number of nitrogens with zero attached hydrogens (tertiary/aromatic N) is 1. The molecular weight excluding hydrogens is 298 g/mol. The summed E-state index contributed by atoms with van der Waals surface area (Å²) in [5, 5.41) is 14.5. The number of hydrogen-bond donors (Lipinski definition) is 1. The zero-order valence-electron chi connectivity index (χ0n) is 14.0. The van der Waals surface area contributed by atoms with E-state index in [1.165, 1.54) is 5.56 Å². The molecule has 0 bridgehead atoms. The first-order chi connectivity index (χ1) is 10.4. The predicted molar refractivity (Wildman–Crippen MR) is 90.3 cm³/mol. The van der Waals surface area contributed by atoms with Crippen molar-refractivity contribution in [3.8, 4) is 0 Å². The van der Waals surface area contributed by atoms with E-state index in [2.05, 4.69) is 21.7 Å². The Bertz CT molecular complexity index is 410. The van der Waals surface area contributed by atoms with Gasteiger partial charge in [0, 0.05) is 26.2 Å². The van der Waals surface area contributed by atoms with E-state index in [9.17, 15) is 5.11 Å². The van der Waals surface area contributed by atoms with E-state index in [0.717, 1.165) is 32.5 Å². The number of ether oxygens (including phenoxy) is 2. The van der Waals surface area contributed by atoms with Crippen molar-refractivity contribution in [1.82, 2.24) is 4.90 Å². The average Bonchev–Trinajstić information content (AvgIpc) is 3.09. The molecule has 2 rings (SSSR count). The number of aliphatic hydroxyl groups excluding tert-OH is 1. The SMILES string of the molecule is CC(C)(C)OC[C@H](O)CN(Cc1ccsc1)C[C@H]1CCCO1. The Balaban J connectivity index is 1.85. The third kappa shape index (κ3) is 6.75. The summed E-state index contributed by atoms with van der Waals surface area (Å²) in [6.07, 6.45) is 2.09. The van der Waals surface area contributed by atoms with Gasteiger partial charge < -0.3 is 14.6 Å². The van der Waals surface area contributed by atoms with Crippen LogP contribution in [0.3, 0.4) is 0 Å². The zero-order valence-corrected chi connectivity index (χ0v) is 14.8. The first kappa shape index (κ1) is 17.9. The summed E-state index contributed by atoms with van der Waals surface area (Å²) in [7, 11) is 0. The van der Waals surface area contributed by atoms with Gasteiger partial charge in [0.2, 0.25) is 0 Å². The molecule has 0 spiro atoms. The van der Waals surface area contributed by atoms with Gasteiger partial charge in [0.05, 0.1) is 24.4 Å². The van der Waals surface area contributed by atoms with Crippen molar-refractivity contribution in [2.45, 2.75) is 58.0 Å². The van der Waals surface area contributed by atoms with Gasteiger partial charge in [-0.2, -0.15) is 11.3 Å². The van der Waals surface area contributed by atoms with Crippen LogP contribution in [0, 0.1) is 0 Å². The molecule has 4 nitrogen and oxygen atoms in total. The van der Waals surface area contributed by atoms with Gasteiger partial charge in [-0.15, -0.1) is 0 Å². The molecule has 1 aliphatic rings. The van der Waals surface area contributed by atoms with Crippen LogP contribution in [0.4, 0.5) is 0 Å². The largest absolute Gasteiger partial charge is 0.389 e. The van der Waals surface area contributed by atoms with Crippen molar-refractivity contribution in [3.63, 3.8) is 0 Å². The van der Waals surface area contributed by atoms with Crippen molar-refractivity contribution < 1.29 is 14.6 Å². The van der Waals surface area contributed by atoms with Crippen molar-refractivity contribution in [3.05, 3.63) is 22.4 Å². The van der Waals surface area contributed by atoms with Crippen molar-refractivity contribution in [1.29, 1.82) is 0 Å². The maximum absolute atomic E-state index is 10.3. The monoisotopic (exact) mass is 327 g/mol. The molecule has 0 saturated carbocycles. The summed E-state index contributed by atoms with van der Waals surface area (Å²) < 4.78 is 11.4. The third-order valence-corrected chi connectivity index (χ3v) is 4.38. The molecule has 1 N–H and O–H groups in total. The lowest BCUT2D eigenvalue weighted by molar-refractivity contribution is -0.0594. The van der Waals surface area contributed by atoms with Gasteiger partial charge >= 0.3 is 0 Å². The van der Waals surface area contributed by atoms with Crippen LogP contribution in [0.1, 0.15) is 39.2 Å². The minimum absolute atomic E-state index is 0.215. The molecule has 1 aliphatic heterocycles. The molecule has 126 valence electrons. The minimum atomic E-state index is -0.473. The highest BCUT2D eigenvalue weighted by Gasteiger charge is 2.22. The summed E-state index contributed by atoms with van der Waals surface area (Å²) in [5.41, 5.74) is 1.08. The van der Waals surface area contributed by atoms with Crippen molar-refractivity contribution >= 4 is 11.3 Å². The summed E-state index contributed by atoms with van der Waals surface area (Å²) in [4.78, 5) is 2.29. The molecular formula is C17H29NO3S. The van der Waals surface area contributed by atoms with E-state index in [-0.39, 0.29) is 5.60 Å². The van der Waals surface area contributed by atoms with E-state index in [4.69, 9.17) is 9.47 Å². The highest BCUT2D eigenvalue weighted by molar-refractivity contribution is 7.07. The number of aliphatic hydroxyl groups is 1. The first-order valence-electron chi connectivity index (χ1n) is 8.09. The molecule has 0 aliphatic carbocycles. The summed E-state index contributed by atoms with van der Waals surface area (Å²) in [5.74, 6) is 0. The van der Waals surface area contributed by atoms with Crippen LogP contribution in [-0.2, 0) is 16.0 Å². The van der Waals surface area contributed by atoms with Crippen molar-refractivity contribution in [2.75, 3.05) is 26.3 Å². The molecule has 0 amide bonds. The lowest BCUT2D eigenvalue weighted by Gasteiger charge is -2.28. The van der Waals surface area contributed by atoms with E-state index in [1.54, 1.807) is 11.3 Å². The Labute approximate surface area is 138 Å². The summed E-state index contributed by atoms with van der Waals surface area (Å²) in [6.45, 7) is 9.62. The van der Waals surface area contributed by atoms with Crippen LogP contribution in [0.2, 0.25) is 0 Å². The topological polar surface area (TPSA) is 41.9 Å². The highest BCUT2D eigenvalue weighted by atomic mass is 32.1. The molecule has 0 aromatic carbocycles. The molecule has 1 aromatic rings. The summed E-state index contributed by atoms with van der Waals surface area (Å²) in [6, 6.07) is 2.14. The zero-order chi connectivity index (χ0) is 16.0. The lowest BCUT2D eigenvalue weighted by Crippen LogP contribution is -2.40. The molecule has 1 fully saturated rings. The van der Waals surface area contributed by atoms with Crippen LogP contribution in [0.25, 0.3) is 0 Å². The first-order valence-corrected chi connectivity index (χ1v) is 9.04. The standard InChI is InChI=1S/C17H29NO3S/c1-17(2,3)21-12-15(19)10-18(9-14-6-8-22-13-14)11-16-5-4-7-20-16/h6,8,13,15-16,19H,4-5,7,9-12H2,1-3H3/t15-,16-/m1/s1. The molecule has 0 radical (unpaired) electrons. The normalized spacial score (nSPS) is 20.7. The van der Waals surface area contributed by atoms with Crippen molar-refractivity contribution in [2.24, 2.45) is 0 Å². The van der Waals surface area contributed by atoms with Crippen LogP contribution >= 0.6 is 11.3 Å². The quantitative estimate of drug-likeness (QED) is 0.797. The maximum atomic E-state index is 10.3. The van der Waals surface area contributed by atoms with Gasteiger partial charge in [-0.3, -0.25) is 4.90 Å². The number of thiophene rings is 1. The predicted octanol–water partition coefficient (Wildman–Crippen LogP) is 2.91. The Morgan fingerprint density at radius 3 is 2.91 bits per heavy atom. The van der Waals surface area contributed by atoms with Crippen LogP contribution in [0.5, 0.6) is 0 Å². The molecule has 1 aromatic heterocycles. The summed E-state index contributed by atoms with van der Waals surface area (Å²) >= 11 is 1.71. The molecule has 22 heavy (non-hydrogen) atoms. The number of rotatable bonds is 8. The second-order valence-electron chi connectivity index (χ2n) is 7.04. The maximum Gasteiger partial charge on any atom is 0.0900 e. The molecule has 2 atom stereocenters. The van der Waals surface area contributed by atoms with Crippen LogP contribution < -0.4 is 0 Å². The minimum Gasteiger partial charge on any atom is -0.389 e. The van der Waals surface area contributed by atoms with Gasteiger partial charge in [-0.05, 0) is 56.0 Å². The van der Waals surface area contributed by atoms with Gasteiger partial charge in [0.15, 0.2) is 0 Å². The van der Waals surface area contributed by atoms with Crippen LogP contribution in [0.15, 0.2) is 16.8 Å². The van der Waals surface area contributed by atoms with Gasteiger partial charge in [0.1, 0.15) is 0 Å². The molecule has 0 unspecified atom stereocenters. The highest BCUT2D eigenvalue weighted by Crippen LogP contribution is 2.17. The average molecular weight is 327 g/mol. The fourth-order valence-electron chi connectivity index (χ4n) is 2.62. The van der Waals surface area contributed by atoms with Gasteiger partial charge in [-0.1, -0.05) is 0 Å². The fourth-order valence-corrected chi connectivity index (χ4v) is 3.28. The molecule has 2 heterocycles.